The van der Waals surface area contributed by atoms with Gasteiger partial charge in [-0.05, 0) is 29.7 Å². The highest BCUT2D eigenvalue weighted by Gasteiger charge is 2.17. The van der Waals surface area contributed by atoms with Crippen LogP contribution in [0.1, 0.15) is 27.2 Å². The first-order chi connectivity index (χ1) is 15.4. The van der Waals surface area contributed by atoms with Crippen molar-refractivity contribution in [3.05, 3.63) is 61.1 Å². The molecular formula is C25H24N6O. The van der Waals surface area contributed by atoms with Crippen LogP contribution in [-0.2, 0) is 4.79 Å². The molecule has 0 aliphatic carbocycles. The minimum Gasteiger partial charge on any atom is -0.353 e. The molecule has 1 aromatic carbocycles. The van der Waals surface area contributed by atoms with Crippen LogP contribution in [0.5, 0.6) is 0 Å². The zero-order valence-electron chi connectivity index (χ0n) is 18.2. The molecule has 0 unspecified atom stereocenters. The molecule has 32 heavy (non-hydrogen) atoms. The Balaban J connectivity index is 1.49. The van der Waals surface area contributed by atoms with E-state index in [0.29, 0.717) is 17.8 Å². The molecule has 0 bridgehead atoms. The number of H-pyrrole nitrogens is 2. The lowest BCUT2D eigenvalue weighted by Crippen LogP contribution is -2.19. The molecule has 5 rings (SSSR count). The molecule has 0 fully saturated rings. The van der Waals surface area contributed by atoms with E-state index in [2.05, 4.69) is 42.6 Å². The number of benzene rings is 1. The number of para-hydroxylation sites is 1. The number of nitrogens with one attached hydrogen (secondary N) is 3. The van der Waals surface area contributed by atoms with E-state index in [1.54, 1.807) is 18.6 Å². The lowest BCUT2D eigenvalue weighted by molar-refractivity contribution is -0.117. The number of carbonyl (C=O) groups excluding carboxylic acids is 1. The molecule has 0 aliphatic heterocycles. The lowest BCUT2D eigenvalue weighted by atomic mass is 9.92. The highest BCUT2D eigenvalue weighted by atomic mass is 16.1. The van der Waals surface area contributed by atoms with Gasteiger partial charge >= 0.3 is 0 Å². The second-order valence-electron chi connectivity index (χ2n) is 9.21. The molecule has 5 aromatic rings. The van der Waals surface area contributed by atoms with Gasteiger partial charge in [-0.2, -0.15) is 5.10 Å². The van der Waals surface area contributed by atoms with E-state index >= 15 is 0 Å². The SMILES string of the molecule is CC(C)(C)CC(=O)Nc1cncc(-c2cnc3n[nH]c(-c4cc5ccccc5[nH]4)c3c2)c1. The van der Waals surface area contributed by atoms with E-state index in [-0.39, 0.29) is 11.3 Å². The maximum Gasteiger partial charge on any atom is 0.224 e. The summed E-state index contributed by atoms with van der Waals surface area (Å²) in [4.78, 5) is 24.6. The Kier molecular flexibility index (Phi) is 4.74. The second-order valence-corrected chi connectivity index (χ2v) is 9.21. The number of carbonyl (C=O) groups is 1. The molecule has 0 aliphatic rings. The predicted molar refractivity (Wildman–Crippen MR) is 127 cm³/mol. The standard InChI is InChI=1S/C25H24N6O/c1-25(2,3)11-22(32)28-18-8-16(12-26-14-18)17-9-19-23(30-31-24(19)27-13-17)21-10-15-6-4-5-7-20(15)29-21/h4-10,12-14,29H,11H2,1-3H3,(H,28,32)(H,27,30,31). The smallest absolute Gasteiger partial charge is 0.224 e. The van der Waals surface area contributed by atoms with Gasteiger partial charge in [-0.25, -0.2) is 4.98 Å². The van der Waals surface area contributed by atoms with Crippen molar-refractivity contribution in [1.29, 1.82) is 0 Å². The molecule has 160 valence electrons. The zero-order chi connectivity index (χ0) is 22.3. The number of hydrogen-bond donors (Lipinski definition) is 3. The van der Waals surface area contributed by atoms with Crippen LogP contribution in [0, 0.1) is 5.41 Å². The predicted octanol–water partition coefficient (Wildman–Crippen LogP) is 5.54. The number of aromatic amines is 2. The largest absolute Gasteiger partial charge is 0.353 e. The van der Waals surface area contributed by atoms with Crippen molar-refractivity contribution in [3.8, 4) is 22.5 Å². The Morgan fingerprint density at radius 3 is 2.66 bits per heavy atom. The maximum atomic E-state index is 12.3. The summed E-state index contributed by atoms with van der Waals surface area (Å²) in [6.07, 6.45) is 5.64. The van der Waals surface area contributed by atoms with Gasteiger partial charge in [0.15, 0.2) is 5.65 Å². The van der Waals surface area contributed by atoms with Crippen LogP contribution in [0.25, 0.3) is 44.5 Å². The highest BCUT2D eigenvalue weighted by molar-refractivity contribution is 5.96. The summed E-state index contributed by atoms with van der Waals surface area (Å²) in [5, 5.41) is 12.5. The molecule has 4 heterocycles. The van der Waals surface area contributed by atoms with Crippen molar-refractivity contribution in [2.24, 2.45) is 5.41 Å². The monoisotopic (exact) mass is 424 g/mol. The van der Waals surface area contributed by atoms with Crippen LogP contribution in [0.15, 0.2) is 61.1 Å². The molecule has 1 amide bonds. The Morgan fingerprint density at radius 1 is 1.03 bits per heavy atom. The van der Waals surface area contributed by atoms with Crippen LogP contribution in [0.2, 0.25) is 0 Å². The van der Waals surface area contributed by atoms with Gasteiger partial charge in [0.05, 0.1) is 23.3 Å². The number of nitrogens with zero attached hydrogens (tertiary/aromatic N) is 3. The maximum absolute atomic E-state index is 12.3. The Bertz CT molecular complexity index is 1410. The number of fused-ring (bicyclic) bond motifs is 2. The van der Waals surface area contributed by atoms with Gasteiger partial charge < -0.3 is 10.3 Å². The van der Waals surface area contributed by atoms with Crippen LogP contribution in [0.3, 0.4) is 0 Å². The number of hydrogen-bond acceptors (Lipinski definition) is 4. The molecule has 7 heteroatoms. The van der Waals surface area contributed by atoms with Gasteiger partial charge in [-0.1, -0.05) is 39.0 Å². The van der Waals surface area contributed by atoms with Crippen LogP contribution < -0.4 is 5.32 Å². The van der Waals surface area contributed by atoms with Crippen molar-refractivity contribution in [1.82, 2.24) is 25.1 Å². The summed E-state index contributed by atoms with van der Waals surface area (Å²) in [6, 6.07) is 14.2. The second kappa shape index (κ2) is 7.60. The van der Waals surface area contributed by atoms with E-state index in [4.69, 9.17) is 0 Å². The molecule has 7 nitrogen and oxygen atoms in total. The summed E-state index contributed by atoms with van der Waals surface area (Å²) < 4.78 is 0. The van der Waals surface area contributed by atoms with E-state index < -0.39 is 0 Å². The summed E-state index contributed by atoms with van der Waals surface area (Å²) in [7, 11) is 0. The van der Waals surface area contributed by atoms with Gasteiger partial charge in [0.1, 0.15) is 0 Å². The number of anilines is 1. The number of rotatable bonds is 4. The first-order valence-corrected chi connectivity index (χ1v) is 10.5. The Morgan fingerprint density at radius 2 is 1.84 bits per heavy atom. The molecule has 0 spiro atoms. The lowest BCUT2D eigenvalue weighted by Gasteiger charge is -2.17. The number of amides is 1. The van der Waals surface area contributed by atoms with Gasteiger partial charge in [0, 0.05) is 46.2 Å². The zero-order valence-corrected chi connectivity index (χ0v) is 18.2. The number of aromatic nitrogens is 5. The molecule has 0 atom stereocenters. The fraction of sp³-hybridized carbons (Fsp3) is 0.200. The summed E-state index contributed by atoms with van der Waals surface area (Å²) in [6.45, 7) is 6.12. The van der Waals surface area contributed by atoms with Gasteiger partial charge in [0.2, 0.25) is 5.91 Å². The van der Waals surface area contributed by atoms with Crippen molar-refractivity contribution in [2.45, 2.75) is 27.2 Å². The van der Waals surface area contributed by atoms with Crippen LogP contribution in [-0.4, -0.2) is 31.1 Å². The minimum absolute atomic E-state index is 0.0269. The molecular weight excluding hydrogens is 400 g/mol. The average Bonchev–Trinajstić information content (AvgIpc) is 3.35. The quantitative estimate of drug-likeness (QED) is 0.352. The van der Waals surface area contributed by atoms with Crippen LogP contribution >= 0.6 is 0 Å². The van der Waals surface area contributed by atoms with Crippen molar-refractivity contribution >= 4 is 33.5 Å². The van der Waals surface area contributed by atoms with Gasteiger partial charge in [0.25, 0.3) is 0 Å². The first-order valence-electron chi connectivity index (χ1n) is 10.5. The van der Waals surface area contributed by atoms with Crippen molar-refractivity contribution < 1.29 is 4.79 Å². The van der Waals surface area contributed by atoms with Crippen molar-refractivity contribution in [3.63, 3.8) is 0 Å². The summed E-state index contributed by atoms with van der Waals surface area (Å²) in [5.41, 5.74) is 5.90. The normalized spacial score (nSPS) is 11.8. The Hall–Kier alpha value is -4.00. The molecule has 0 saturated heterocycles. The third-order valence-electron chi connectivity index (χ3n) is 5.26. The Labute approximate surface area is 185 Å². The van der Waals surface area contributed by atoms with E-state index in [9.17, 15) is 4.79 Å². The van der Waals surface area contributed by atoms with Gasteiger partial charge in [-0.3, -0.25) is 14.9 Å². The van der Waals surface area contributed by atoms with Crippen molar-refractivity contribution in [2.75, 3.05) is 5.32 Å². The first kappa shape index (κ1) is 19.9. The third kappa shape index (κ3) is 3.97. The minimum atomic E-state index is -0.0790. The van der Waals surface area contributed by atoms with E-state index in [1.807, 2.05) is 51.1 Å². The van der Waals surface area contributed by atoms with Gasteiger partial charge in [-0.15, -0.1) is 0 Å². The molecule has 4 aromatic heterocycles. The van der Waals surface area contributed by atoms with E-state index in [1.165, 1.54) is 0 Å². The average molecular weight is 425 g/mol. The summed E-state index contributed by atoms with van der Waals surface area (Å²) in [5.74, 6) is -0.0269. The number of pyridine rings is 2. The highest BCUT2D eigenvalue weighted by Crippen LogP contribution is 2.31. The fourth-order valence-corrected chi connectivity index (χ4v) is 3.82. The van der Waals surface area contributed by atoms with E-state index in [0.717, 1.165) is 38.8 Å². The van der Waals surface area contributed by atoms with Crippen LogP contribution in [0.4, 0.5) is 5.69 Å². The molecule has 3 N–H and O–H groups in total. The summed E-state index contributed by atoms with van der Waals surface area (Å²) >= 11 is 0. The topological polar surface area (TPSA) is 99.3 Å². The molecule has 0 radical (unpaired) electrons. The molecule has 0 saturated carbocycles. The third-order valence-corrected chi connectivity index (χ3v) is 5.26. The fourth-order valence-electron chi connectivity index (χ4n) is 3.82.